The van der Waals surface area contributed by atoms with E-state index in [9.17, 15) is 0 Å². The Bertz CT molecular complexity index is 601. The second-order valence-electron chi connectivity index (χ2n) is 5.88. The molecule has 1 aliphatic heterocycles. The van der Waals surface area contributed by atoms with E-state index in [0.29, 0.717) is 17.9 Å². The Hall–Kier alpha value is -1.55. The van der Waals surface area contributed by atoms with Crippen LogP contribution >= 0.6 is 0 Å². The smallest absolute Gasteiger partial charge is 0.201 e. The topological polar surface area (TPSA) is 47.1 Å². The minimum Gasteiger partial charge on any atom is -0.369 e. The third-order valence-corrected chi connectivity index (χ3v) is 4.34. The fraction of sp³-hybridized carbons (Fsp3) is 0.533. The van der Waals surface area contributed by atoms with Gasteiger partial charge in [-0.1, -0.05) is 19.1 Å². The molecule has 1 aromatic carbocycles. The molecule has 1 fully saturated rings. The van der Waals surface area contributed by atoms with E-state index in [1.165, 1.54) is 11.1 Å². The summed E-state index contributed by atoms with van der Waals surface area (Å²) < 4.78 is 2.25. The van der Waals surface area contributed by atoms with Crippen LogP contribution in [0.3, 0.4) is 0 Å². The van der Waals surface area contributed by atoms with Gasteiger partial charge in [-0.25, -0.2) is 4.98 Å². The first-order valence-electron chi connectivity index (χ1n) is 6.99. The molecule has 0 bridgehead atoms. The summed E-state index contributed by atoms with van der Waals surface area (Å²) in [5, 5.41) is 0. The quantitative estimate of drug-likeness (QED) is 0.854. The molecule has 0 amide bonds. The summed E-state index contributed by atoms with van der Waals surface area (Å²) in [5.41, 5.74) is 9.61. The average molecular weight is 258 g/mol. The Kier molecular flexibility index (Phi) is 2.97. The maximum Gasteiger partial charge on any atom is 0.201 e. The lowest BCUT2D eigenvalue weighted by Crippen LogP contribution is -2.38. The molecule has 4 heteroatoms. The lowest BCUT2D eigenvalue weighted by molar-refractivity contribution is 0.162. The van der Waals surface area contributed by atoms with Gasteiger partial charge in [0, 0.05) is 12.6 Å². The summed E-state index contributed by atoms with van der Waals surface area (Å²) in [6, 6.07) is 6.78. The first-order valence-corrected chi connectivity index (χ1v) is 6.99. The summed E-state index contributed by atoms with van der Waals surface area (Å²) in [5.74, 6) is 1.25. The van der Waals surface area contributed by atoms with Gasteiger partial charge in [0.05, 0.1) is 11.0 Å². The maximum absolute atomic E-state index is 6.19. The molecule has 1 saturated heterocycles. The van der Waals surface area contributed by atoms with Crippen LogP contribution in [0.1, 0.15) is 24.9 Å². The van der Waals surface area contributed by atoms with Crippen molar-refractivity contribution in [1.29, 1.82) is 0 Å². The molecule has 2 heterocycles. The van der Waals surface area contributed by atoms with Crippen molar-refractivity contribution in [2.75, 3.05) is 25.9 Å². The molecule has 0 radical (unpaired) electrons. The van der Waals surface area contributed by atoms with Gasteiger partial charge in [-0.05, 0) is 44.5 Å². The zero-order valence-corrected chi connectivity index (χ0v) is 11.9. The van der Waals surface area contributed by atoms with Crippen molar-refractivity contribution < 1.29 is 0 Å². The van der Waals surface area contributed by atoms with Crippen LogP contribution in [-0.2, 0) is 0 Å². The number of likely N-dealkylation sites (tertiary alicyclic amines) is 1. The number of piperidine rings is 1. The van der Waals surface area contributed by atoms with E-state index in [4.69, 9.17) is 5.73 Å². The minimum atomic E-state index is 0.461. The Morgan fingerprint density at radius 1 is 1.37 bits per heavy atom. The van der Waals surface area contributed by atoms with Gasteiger partial charge in [0.25, 0.3) is 0 Å². The van der Waals surface area contributed by atoms with Crippen molar-refractivity contribution >= 4 is 17.0 Å². The van der Waals surface area contributed by atoms with Crippen LogP contribution in [0.5, 0.6) is 0 Å². The largest absolute Gasteiger partial charge is 0.369 e. The van der Waals surface area contributed by atoms with Crippen LogP contribution in [0.2, 0.25) is 0 Å². The molecular formula is C15H22N4. The van der Waals surface area contributed by atoms with Crippen LogP contribution < -0.4 is 5.73 Å². The van der Waals surface area contributed by atoms with E-state index in [-0.39, 0.29) is 0 Å². The summed E-state index contributed by atoms with van der Waals surface area (Å²) in [7, 11) is 2.19. The van der Waals surface area contributed by atoms with Crippen molar-refractivity contribution in [3.05, 3.63) is 23.8 Å². The number of hydrogen-bond acceptors (Lipinski definition) is 3. The standard InChI is InChI=1S/C15H22N4/c1-10-5-4-6-13-14(10)17-15(16)19(13)12-7-8-18(3)9-11(12)2/h4-6,11-12H,7-9H2,1-3H3,(H2,16,17). The predicted molar refractivity (Wildman–Crippen MR) is 79.2 cm³/mol. The van der Waals surface area contributed by atoms with E-state index < -0.39 is 0 Å². The molecule has 1 aliphatic rings. The van der Waals surface area contributed by atoms with Crippen LogP contribution in [0.4, 0.5) is 5.95 Å². The molecule has 1 aromatic heterocycles. The summed E-state index contributed by atoms with van der Waals surface area (Å²) in [6.07, 6.45) is 1.14. The number of aryl methyl sites for hydroxylation is 1. The minimum absolute atomic E-state index is 0.461. The third kappa shape index (κ3) is 2.00. The highest BCUT2D eigenvalue weighted by Gasteiger charge is 2.28. The molecule has 0 spiro atoms. The van der Waals surface area contributed by atoms with Crippen molar-refractivity contribution in [2.45, 2.75) is 26.3 Å². The van der Waals surface area contributed by atoms with E-state index >= 15 is 0 Å². The monoisotopic (exact) mass is 258 g/mol. The molecule has 2 atom stereocenters. The fourth-order valence-corrected chi connectivity index (χ4v) is 3.35. The third-order valence-electron chi connectivity index (χ3n) is 4.34. The number of nitrogen functional groups attached to an aromatic ring is 1. The highest BCUT2D eigenvalue weighted by Crippen LogP contribution is 2.33. The van der Waals surface area contributed by atoms with Gasteiger partial charge in [0.15, 0.2) is 0 Å². The molecule has 2 aromatic rings. The highest BCUT2D eigenvalue weighted by atomic mass is 15.2. The zero-order valence-electron chi connectivity index (χ0n) is 11.9. The van der Waals surface area contributed by atoms with E-state index in [1.807, 2.05) is 0 Å². The average Bonchev–Trinajstić information content (AvgIpc) is 2.68. The molecular weight excluding hydrogens is 236 g/mol. The van der Waals surface area contributed by atoms with Crippen LogP contribution in [-0.4, -0.2) is 34.6 Å². The van der Waals surface area contributed by atoms with Crippen LogP contribution in [0.25, 0.3) is 11.0 Å². The Balaban J connectivity index is 2.10. The van der Waals surface area contributed by atoms with E-state index in [1.54, 1.807) is 0 Å². The molecule has 2 unspecified atom stereocenters. The van der Waals surface area contributed by atoms with Gasteiger partial charge in [-0.2, -0.15) is 0 Å². The number of benzene rings is 1. The van der Waals surface area contributed by atoms with Gasteiger partial charge < -0.3 is 15.2 Å². The number of fused-ring (bicyclic) bond motifs is 1. The fourth-order valence-electron chi connectivity index (χ4n) is 3.35. The lowest BCUT2D eigenvalue weighted by atomic mass is 9.93. The summed E-state index contributed by atoms with van der Waals surface area (Å²) >= 11 is 0. The van der Waals surface area contributed by atoms with Crippen molar-refractivity contribution in [1.82, 2.24) is 14.5 Å². The van der Waals surface area contributed by atoms with E-state index in [2.05, 4.69) is 53.5 Å². The number of imidazole rings is 1. The van der Waals surface area contributed by atoms with Gasteiger partial charge in [-0.3, -0.25) is 0 Å². The number of hydrogen-bond donors (Lipinski definition) is 1. The Morgan fingerprint density at radius 3 is 2.89 bits per heavy atom. The molecule has 2 N–H and O–H groups in total. The van der Waals surface area contributed by atoms with Gasteiger partial charge in [0.2, 0.25) is 5.95 Å². The van der Waals surface area contributed by atoms with Gasteiger partial charge in [0.1, 0.15) is 0 Å². The molecule has 4 nitrogen and oxygen atoms in total. The molecule has 3 rings (SSSR count). The second-order valence-corrected chi connectivity index (χ2v) is 5.88. The number of nitrogens with zero attached hydrogens (tertiary/aromatic N) is 3. The number of aromatic nitrogens is 2. The zero-order chi connectivity index (χ0) is 13.6. The molecule has 0 aliphatic carbocycles. The highest BCUT2D eigenvalue weighted by molar-refractivity contribution is 5.81. The van der Waals surface area contributed by atoms with E-state index in [0.717, 1.165) is 25.0 Å². The van der Waals surface area contributed by atoms with Crippen LogP contribution in [0, 0.1) is 12.8 Å². The van der Waals surface area contributed by atoms with Gasteiger partial charge in [-0.15, -0.1) is 0 Å². The van der Waals surface area contributed by atoms with Crippen molar-refractivity contribution in [3.8, 4) is 0 Å². The number of nitrogens with two attached hydrogens (primary N) is 1. The molecule has 19 heavy (non-hydrogen) atoms. The summed E-state index contributed by atoms with van der Waals surface area (Å²) in [4.78, 5) is 6.96. The SMILES string of the molecule is Cc1cccc2c1nc(N)n2C1CCN(C)CC1C. The summed E-state index contributed by atoms with van der Waals surface area (Å²) in [6.45, 7) is 6.65. The number of para-hydroxylation sites is 1. The van der Waals surface area contributed by atoms with Crippen molar-refractivity contribution in [3.63, 3.8) is 0 Å². The van der Waals surface area contributed by atoms with Crippen molar-refractivity contribution in [2.24, 2.45) is 5.92 Å². The molecule has 0 saturated carbocycles. The Labute approximate surface area is 114 Å². The van der Waals surface area contributed by atoms with Gasteiger partial charge >= 0.3 is 0 Å². The number of rotatable bonds is 1. The lowest BCUT2D eigenvalue weighted by Gasteiger charge is -2.36. The first-order chi connectivity index (χ1) is 9.08. The maximum atomic E-state index is 6.19. The second kappa shape index (κ2) is 4.53. The normalized spacial score (nSPS) is 25.0. The first kappa shape index (κ1) is 12.5. The number of anilines is 1. The van der Waals surface area contributed by atoms with Crippen LogP contribution in [0.15, 0.2) is 18.2 Å². The predicted octanol–water partition coefficient (Wildman–Crippen LogP) is 2.44. The molecule has 102 valence electrons. The Morgan fingerprint density at radius 2 is 2.16 bits per heavy atom.